The molecule has 3 rings (SSSR count). The lowest BCUT2D eigenvalue weighted by molar-refractivity contribution is -0.274. The van der Waals surface area contributed by atoms with Crippen LogP contribution in [-0.4, -0.2) is 56.9 Å². The topological polar surface area (TPSA) is 109 Å². The number of phenolic OH excluding ortho intramolecular Hbond substituents is 1. The van der Waals surface area contributed by atoms with Crippen molar-refractivity contribution in [1.82, 2.24) is 19.8 Å². The van der Waals surface area contributed by atoms with Gasteiger partial charge in [0, 0.05) is 32.3 Å². The van der Waals surface area contributed by atoms with E-state index in [4.69, 9.17) is 11.6 Å². The molecule has 0 spiro atoms. The average molecular weight is 474 g/mol. The Morgan fingerprint density at radius 3 is 2.72 bits per heavy atom. The molecule has 0 unspecified atom stereocenters. The molecule has 13 heteroatoms. The molecule has 0 radical (unpaired) electrons. The average Bonchev–Trinajstić information content (AvgIpc) is 3.04. The zero-order chi connectivity index (χ0) is 23.6. The molecule has 2 aromatic rings. The van der Waals surface area contributed by atoms with E-state index in [0.717, 1.165) is 12.1 Å². The molecule has 0 atom stereocenters. The number of carbonyl (C=O) groups is 2. The number of amides is 2. The van der Waals surface area contributed by atoms with Gasteiger partial charge >= 0.3 is 6.36 Å². The summed E-state index contributed by atoms with van der Waals surface area (Å²) in [5.74, 6) is -1.29. The highest BCUT2D eigenvalue weighted by molar-refractivity contribution is 6.32. The predicted octanol–water partition coefficient (Wildman–Crippen LogP) is 2.42. The highest BCUT2D eigenvalue weighted by Gasteiger charge is 2.33. The van der Waals surface area contributed by atoms with Gasteiger partial charge in [0.05, 0.1) is 29.5 Å². The van der Waals surface area contributed by atoms with Crippen LogP contribution in [0.4, 0.5) is 18.9 Å². The van der Waals surface area contributed by atoms with Crippen molar-refractivity contribution in [2.24, 2.45) is 7.05 Å². The number of ether oxygens (including phenoxy) is 1. The zero-order valence-corrected chi connectivity index (χ0v) is 17.5. The van der Waals surface area contributed by atoms with Crippen LogP contribution in [0.25, 0.3) is 0 Å². The van der Waals surface area contributed by atoms with Gasteiger partial charge in [-0.15, -0.1) is 13.2 Å². The van der Waals surface area contributed by atoms with Crippen LogP contribution >= 0.6 is 11.6 Å². The van der Waals surface area contributed by atoms with E-state index in [1.54, 1.807) is 7.05 Å². The predicted molar refractivity (Wildman–Crippen MR) is 108 cm³/mol. The van der Waals surface area contributed by atoms with Crippen LogP contribution in [0.5, 0.6) is 11.5 Å². The second-order valence-electron chi connectivity index (χ2n) is 6.94. The minimum Gasteiger partial charge on any atom is -0.506 e. The first-order valence-corrected chi connectivity index (χ1v) is 9.61. The first-order chi connectivity index (χ1) is 15.0. The number of halogens is 4. The van der Waals surface area contributed by atoms with Gasteiger partial charge in [-0.3, -0.25) is 9.59 Å². The number of aromatic nitrogens is 2. The summed E-state index contributed by atoms with van der Waals surface area (Å²) in [6.45, 7) is 4.14. The summed E-state index contributed by atoms with van der Waals surface area (Å²) in [5.41, 5.74) is 0.181. The van der Waals surface area contributed by atoms with Crippen LogP contribution in [0, 0.1) is 0 Å². The summed E-state index contributed by atoms with van der Waals surface area (Å²) in [6, 6.07) is 1.64. The van der Waals surface area contributed by atoms with Crippen LogP contribution in [0.3, 0.4) is 0 Å². The van der Waals surface area contributed by atoms with E-state index in [0.29, 0.717) is 18.9 Å². The Hall–Kier alpha value is -3.41. The summed E-state index contributed by atoms with van der Waals surface area (Å²) in [5, 5.41) is 15.1. The zero-order valence-electron chi connectivity index (χ0n) is 16.7. The van der Waals surface area contributed by atoms with E-state index in [9.17, 15) is 27.9 Å². The van der Waals surface area contributed by atoms with Crippen LogP contribution in [-0.2, 0) is 18.4 Å². The Labute approximate surface area is 185 Å². The van der Waals surface area contributed by atoms with Gasteiger partial charge in [-0.2, -0.15) is 0 Å². The monoisotopic (exact) mass is 473 g/mol. The number of imidazole rings is 1. The van der Waals surface area contributed by atoms with Crippen molar-refractivity contribution in [2.75, 3.05) is 18.4 Å². The molecule has 2 amide bonds. The summed E-state index contributed by atoms with van der Waals surface area (Å²) in [6.07, 6.45) is -2.40. The molecule has 32 heavy (non-hydrogen) atoms. The van der Waals surface area contributed by atoms with Gasteiger partial charge in [-0.05, 0) is 6.08 Å². The van der Waals surface area contributed by atoms with Gasteiger partial charge in [0.25, 0.3) is 5.91 Å². The van der Waals surface area contributed by atoms with E-state index >= 15 is 0 Å². The fraction of sp³-hybridized carbons (Fsp3) is 0.316. The van der Waals surface area contributed by atoms with Crippen LogP contribution in [0.1, 0.15) is 16.3 Å². The second-order valence-corrected chi connectivity index (χ2v) is 7.34. The van der Waals surface area contributed by atoms with Gasteiger partial charge < -0.3 is 29.9 Å². The fourth-order valence-corrected chi connectivity index (χ4v) is 3.22. The normalized spacial score (nSPS) is 14.0. The number of hydrogen-bond acceptors (Lipinski definition) is 6. The standard InChI is InChI=1S/C19H19ClF3N5O4/c1-3-17(30)28-8-10(9-28)26-18(31)13-6-25-16(27(13)2)7-24-12-5-15(32-19(21,22)23)11(20)4-14(12)29/h3-6,10,24,29H,1,7-9H2,2H3,(H,26,31). The fourth-order valence-electron chi connectivity index (χ4n) is 3.02. The van der Waals surface area contributed by atoms with Gasteiger partial charge in [0.15, 0.2) is 0 Å². The van der Waals surface area contributed by atoms with Crippen molar-refractivity contribution in [2.45, 2.75) is 18.9 Å². The first kappa shape index (κ1) is 23.3. The smallest absolute Gasteiger partial charge is 0.506 e. The van der Waals surface area contributed by atoms with E-state index in [1.165, 1.54) is 21.7 Å². The lowest BCUT2D eigenvalue weighted by Crippen LogP contribution is -2.60. The van der Waals surface area contributed by atoms with Crippen LogP contribution in [0.15, 0.2) is 31.0 Å². The van der Waals surface area contributed by atoms with Gasteiger partial charge in [0.1, 0.15) is 23.0 Å². The van der Waals surface area contributed by atoms with E-state index in [1.807, 2.05) is 0 Å². The van der Waals surface area contributed by atoms with E-state index < -0.39 is 23.0 Å². The molecule has 2 heterocycles. The Bertz CT molecular complexity index is 1050. The second kappa shape index (κ2) is 8.99. The van der Waals surface area contributed by atoms with Crippen molar-refractivity contribution < 1.29 is 32.6 Å². The van der Waals surface area contributed by atoms with Crippen molar-refractivity contribution in [3.63, 3.8) is 0 Å². The molecular weight excluding hydrogens is 455 g/mol. The number of benzene rings is 1. The third-order valence-corrected chi connectivity index (χ3v) is 5.03. The van der Waals surface area contributed by atoms with Crippen molar-refractivity contribution in [3.8, 4) is 11.5 Å². The van der Waals surface area contributed by atoms with Crippen LogP contribution < -0.4 is 15.4 Å². The maximum atomic E-state index is 12.5. The minimum absolute atomic E-state index is 0.0184. The Morgan fingerprint density at radius 1 is 1.41 bits per heavy atom. The van der Waals surface area contributed by atoms with Crippen LogP contribution in [0.2, 0.25) is 5.02 Å². The molecule has 1 aliphatic heterocycles. The van der Waals surface area contributed by atoms with Gasteiger partial charge in [-0.25, -0.2) is 4.98 Å². The molecule has 0 saturated carbocycles. The number of carbonyl (C=O) groups excluding carboxylic acids is 2. The van der Waals surface area contributed by atoms with Crippen molar-refractivity contribution in [1.29, 1.82) is 0 Å². The maximum absolute atomic E-state index is 12.5. The molecule has 1 fully saturated rings. The Morgan fingerprint density at radius 2 is 2.09 bits per heavy atom. The highest BCUT2D eigenvalue weighted by atomic mass is 35.5. The summed E-state index contributed by atoms with van der Waals surface area (Å²) in [7, 11) is 1.59. The molecule has 172 valence electrons. The molecule has 9 nitrogen and oxygen atoms in total. The molecular formula is C19H19ClF3N5O4. The maximum Gasteiger partial charge on any atom is 0.573 e. The molecule has 1 aliphatic rings. The Kier molecular flexibility index (Phi) is 6.53. The van der Waals surface area contributed by atoms with Gasteiger partial charge in [-0.1, -0.05) is 18.2 Å². The highest BCUT2D eigenvalue weighted by Crippen LogP contribution is 2.38. The number of alkyl halides is 3. The number of hydrogen-bond donors (Lipinski definition) is 3. The summed E-state index contributed by atoms with van der Waals surface area (Å²) < 4.78 is 42.8. The molecule has 0 aliphatic carbocycles. The summed E-state index contributed by atoms with van der Waals surface area (Å²) in [4.78, 5) is 29.6. The largest absolute Gasteiger partial charge is 0.573 e. The Balaban J connectivity index is 1.63. The number of nitrogens with one attached hydrogen (secondary N) is 2. The van der Waals surface area contributed by atoms with E-state index in [-0.39, 0.29) is 35.6 Å². The molecule has 1 aromatic heterocycles. The lowest BCUT2D eigenvalue weighted by atomic mass is 10.1. The number of aromatic hydroxyl groups is 1. The number of anilines is 1. The third-order valence-electron chi connectivity index (χ3n) is 4.73. The number of phenols is 1. The van der Waals surface area contributed by atoms with Crippen molar-refractivity contribution >= 4 is 29.1 Å². The lowest BCUT2D eigenvalue weighted by Gasteiger charge is -2.38. The summed E-state index contributed by atoms with van der Waals surface area (Å²) >= 11 is 5.68. The third kappa shape index (κ3) is 5.25. The number of nitrogens with zero attached hydrogens (tertiary/aromatic N) is 3. The minimum atomic E-state index is -4.95. The van der Waals surface area contributed by atoms with Crippen molar-refractivity contribution in [3.05, 3.63) is 47.5 Å². The quantitative estimate of drug-likeness (QED) is 0.421. The van der Waals surface area contributed by atoms with E-state index in [2.05, 4.69) is 26.9 Å². The molecule has 1 saturated heterocycles. The van der Waals surface area contributed by atoms with Gasteiger partial charge in [0.2, 0.25) is 5.91 Å². The first-order valence-electron chi connectivity index (χ1n) is 9.23. The molecule has 3 N–H and O–H groups in total. The number of rotatable bonds is 7. The number of likely N-dealkylation sites (tertiary alicyclic amines) is 1. The SMILES string of the molecule is C=CC(=O)N1CC(NC(=O)c2cnc(CNc3cc(OC(F)(F)F)c(Cl)cc3O)n2C)C1. The molecule has 0 bridgehead atoms. The molecule has 1 aromatic carbocycles.